The van der Waals surface area contributed by atoms with Crippen molar-refractivity contribution in [1.29, 1.82) is 0 Å². The van der Waals surface area contributed by atoms with Crippen molar-refractivity contribution in [2.24, 2.45) is 0 Å². The maximum absolute atomic E-state index is 13.3. The highest BCUT2D eigenvalue weighted by Gasteiger charge is 2.18. The Morgan fingerprint density at radius 1 is 1.21 bits per heavy atom. The van der Waals surface area contributed by atoms with Gasteiger partial charge in [-0.25, -0.2) is 9.97 Å². The van der Waals surface area contributed by atoms with E-state index >= 15 is 0 Å². The number of rotatable bonds is 7. The number of carbonyl (C=O) groups is 2. The number of thiazole rings is 1. The van der Waals surface area contributed by atoms with Crippen LogP contribution in [0.5, 0.6) is 0 Å². The highest BCUT2D eigenvalue weighted by Crippen LogP contribution is 2.19. The maximum atomic E-state index is 13.3. The minimum Gasteiger partial charge on any atom is -0.466 e. The van der Waals surface area contributed by atoms with E-state index in [0.717, 1.165) is 5.56 Å². The van der Waals surface area contributed by atoms with E-state index in [2.05, 4.69) is 15.3 Å². The van der Waals surface area contributed by atoms with Crippen molar-refractivity contribution in [3.05, 3.63) is 86.2 Å². The zero-order chi connectivity index (χ0) is 23.4. The predicted octanol–water partition coefficient (Wildman–Crippen LogP) is 3.91. The Hall–Kier alpha value is -3.56. The van der Waals surface area contributed by atoms with Crippen LogP contribution < -0.4 is 10.9 Å². The molecule has 0 aliphatic rings. The van der Waals surface area contributed by atoms with E-state index in [1.807, 2.05) is 12.1 Å². The molecule has 0 saturated heterocycles. The van der Waals surface area contributed by atoms with Gasteiger partial charge in [0.15, 0.2) is 5.13 Å². The number of pyridine rings is 2. The molecule has 4 aromatic rings. The molecular formula is C23H19ClN4O4S. The Kier molecular flexibility index (Phi) is 6.81. The third kappa shape index (κ3) is 5.27. The summed E-state index contributed by atoms with van der Waals surface area (Å²) in [5.74, 6) is -0.986. The predicted molar refractivity (Wildman–Crippen MR) is 127 cm³/mol. The van der Waals surface area contributed by atoms with Gasteiger partial charge in [-0.15, -0.1) is 11.3 Å². The first-order chi connectivity index (χ1) is 15.9. The van der Waals surface area contributed by atoms with E-state index < -0.39 is 17.4 Å². The lowest BCUT2D eigenvalue weighted by atomic mass is 10.1. The quantitative estimate of drug-likeness (QED) is 0.400. The lowest BCUT2D eigenvalue weighted by Crippen LogP contribution is -2.30. The topological polar surface area (TPSA) is 103 Å². The van der Waals surface area contributed by atoms with E-state index in [0.29, 0.717) is 21.7 Å². The lowest BCUT2D eigenvalue weighted by molar-refractivity contribution is -0.142. The molecule has 0 fully saturated rings. The van der Waals surface area contributed by atoms with Crippen LogP contribution in [0.15, 0.2) is 58.8 Å². The second-order valence-electron chi connectivity index (χ2n) is 7.07. The van der Waals surface area contributed by atoms with Crippen LogP contribution in [0.1, 0.15) is 28.5 Å². The molecule has 3 aromatic heterocycles. The van der Waals surface area contributed by atoms with Gasteiger partial charge in [0.1, 0.15) is 11.2 Å². The second kappa shape index (κ2) is 9.93. The molecule has 0 aliphatic heterocycles. The number of ether oxygens (including phenoxy) is 1. The van der Waals surface area contributed by atoms with Crippen molar-refractivity contribution >= 4 is 51.0 Å². The van der Waals surface area contributed by atoms with Crippen molar-refractivity contribution in [2.75, 3.05) is 11.9 Å². The third-order valence-corrected chi connectivity index (χ3v) is 5.81. The van der Waals surface area contributed by atoms with Crippen molar-refractivity contribution in [3.63, 3.8) is 0 Å². The molecule has 0 aliphatic carbocycles. The molecule has 0 radical (unpaired) electrons. The van der Waals surface area contributed by atoms with Gasteiger partial charge < -0.3 is 4.74 Å². The van der Waals surface area contributed by atoms with Crippen LogP contribution in [0, 0.1) is 0 Å². The SMILES string of the molecule is CCOC(=O)Cc1csc(NC(=O)c2cc3cccnc3n(Cc3ccc(Cl)cc3)c2=O)n1. The zero-order valence-electron chi connectivity index (χ0n) is 17.6. The molecule has 0 saturated carbocycles. The highest BCUT2D eigenvalue weighted by atomic mass is 35.5. The van der Waals surface area contributed by atoms with Gasteiger partial charge in [0, 0.05) is 22.0 Å². The average molecular weight is 483 g/mol. The molecule has 10 heteroatoms. The number of benzene rings is 1. The van der Waals surface area contributed by atoms with E-state index in [-0.39, 0.29) is 30.3 Å². The van der Waals surface area contributed by atoms with Crippen molar-refractivity contribution in [3.8, 4) is 0 Å². The number of aromatic nitrogens is 3. The molecule has 1 N–H and O–H groups in total. The van der Waals surface area contributed by atoms with Gasteiger partial charge in [-0.1, -0.05) is 23.7 Å². The van der Waals surface area contributed by atoms with Gasteiger partial charge in [-0.3, -0.25) is 24.3 Å². The summed E-state index contributed by atoms with van der Waals surface area (Å²) in [6.45, 7) is 2.24. The maximum Gasteiger partial charge on any atom is 0.311 e. The minimum absolute atomic E-state index is 0.00967. The van der Waals surface area contributed by atoms with E-state index in [1.165, 1.54) is 22.0 Å². The molecule has 0 bridgehead atoms. The van der Waals surface area contributed by atoms with E-state index in [1.54, 1.807) is 42.8 Å². The third-order valence-electron chi connectivity index (χ3n) is 4.75. The van der Waals surface area contributed by atoms with Gasteiger partial charge in [0.05, 0.1) is 25.3 Å². The van der Waals surface area contributed by atoms with Crippen LogP contribution in [0.4, 0.5) is 5.13 Å². The zero-order valence-corrected chi connectivity index (χ0v) is 19.2. The summed E-state index contributed by atoms with van der Waals surface area (Å²) < 4.78 is 6.37. The van der Waals surface area contributed by atoms with Crippen LogP contribution in [0.25, 0.3) is 11.0 Å². The number of halogens is 1. The summed E-state index contributed by atoms with van der Waals surface area (Å²) in [5, 5.41) is 5.84. The van der Waals surface area contributed by atoms with Gasteiger partial charge in [0.2, 0.25) is 0 Å². The number of hydrogen-bond acceptors (Lipinski definition) is 7. The second-order valence-corrected chi connectivity index (χ2v) is 8.37. The number of anilines is 1. The summed E-state index contributed by atoms with van der Waals surface area (Å²) in [4.78, 5) is 46.5. The molecule has 0 spiro atoms. The number of carbonyl (C=O) groups excluding carboxylic acids is 2. The standard InChI is InChI=1S/C23H19ClN4O4S/c1-2-32-19(29)11-17-13-33-23(26-17)27-21(30)18-10-15-4-3-9-25-20(15)28(22(18)31)12-14-5-7-16(24)8-6-14/h3-10,13H,2,11-12H2,1H3,(H,26,27,30). The first-order valence-electron chi connectivity index (χ1n) is 10.1. The average Bonchev–Trinajstić information content (AvgIpc) is 3.23. The fourth-order valence-electron chi connectivity index (χ4n) is 3.26. The molecule has 1 amide bonds. The summed E-state index contributed by atoms with van der Waals surface area (Å²) in [6.07, 6.45) is 1.61. The highest BCUT2D eigenvalue weighted by molar-refractivity contribution is 7.14. The number of fused-ring (bicyclic) bond motifs is 1. The van der Waals surface area contributed by atoms with Crippen LogP contribution in [0.2, 0.25) is 5.02 Å². The molecular weight excluding hydrogens is 464 g/mol. The van der Waals surface area contributed by atoms with Crippen molar-refractivity contribution in [1.82, 2.24) is 14.5 Å². The molecule has 0 unspecified atom stereocenters. The van der Waals surface area contributed by atoms with Crippen molar-refractivity contribution in [2.45, 2.75) is 19.9 Å². The Bertz CT molecular complexity index is 1380. The monoisotopic (exact) mass is 482 g/mol. The van der Waals surface area contributed by atoms with Crippen molar-refractivity contribution < 1.29 is 14.3 Å². The van der Waals surface area contributed by atoms with Gasteiger partial charge in [-0.2, -0.15) is 0 Å². The summed E-state index contributed by atoms with van der Waals surface area (Å²) in [7, 11) is 0. The van der Waals surface area contributed by atoms with Crippen LogP contribution in [-0.4, -0.2) is 33.0 Å². The summed E-state index contributed by atoms with van der Waals surface area (Å²) in [6, 6.07) is 12.2. The number of nitrogens with one attached hydrogen (secondary N) is 1. The largest absolute Gasteiger partial charge is 0.466 e. The number of esters is 1. The first kappa shape index (κ1) is 22.6. The molecule has 33 heavy (non-hydrogen) atoms. The smallest absolute Gasteiger partial charge is 0.311 e. The van der Waals surface area contributed by atoms with Gasteiger partial charge >= 0.3 is 5.97 Å². The molecule has 3 heterocycles. The Morgan fingerprint density at radius 2 is 2.00 bits per heavy atom. The van der Waals surface area contributed by atoms with E-state index in [9.17, 15) is 14.4 Å². The molecule has 4 rings (SSSR count). The molecule has 8 nitrogen and oxygen atoms in total. The van der Waals surface area contributed by atoms with Crippen LogP contribution >= 0.6 is 22.9 Å². The Morgan fingerprint density at radius 3 is 2.76 bits per heavy atom. The fourth-order valence-corrected chi connectivity index (χ4v) is 4.09. The lowest BCUT2D eigenvalue weighted by Gasteiger charge is -2.12. The number of amides is 1. The Labute approximate surface area is 197 Å². The molecule has 168 valence electrons. The van der Waals surface area contributed by atoms with Gasteiger partial charge in [0.25, 0.3) is 11.5 Å². The van der Waals surface area contributed by atoms with E-state index in [4.69, 9.17) is 16.3 Å². The number of nitrogens with zero attached hydrogens (tertiary/aromatic N) is 3. The molecule has 1 aromatic carbocycles. The fraction of sp³-hybridized carbons (Fsp3) is 0.174. The van der Waals surface area contributed by atoms with Crippen LogP contribution in [0.3, 0.4) is 0 Å². The van der Waals surface area contributed by atoms with Gasteiger partial charge in [-0.05, 0) is 42.8 Å². The first-order valence-corrected chi connectivity index (χ1v) is 11.3. The molecule has 0 atom stereocenters. The van der Waals surface area contributed by atoms with Crippen LogP contribution in [-0.2, 0) is 22.5 Å². The Balaban J connectivity index is 1.64. The normalized spacial score (nSPS) is 10.8. The summed E-state index contributed by atoms with van der Waals surface area (Å²) in [5.41, 5.74) is 1.29. The number of hydrogen-bond donors (Lipinski definition) is 1. The summed E-state index contributed by atoms with van der Waals surface area (Å²) >= 11 is 7.13. The minimum atomic E-state index is -0.590.